The molecule has 0 fully saturated rings. The van der Waals surface area contributed by atoms with Gasteiger partial charge in [0.2, 0.25) is 0 Å². The maximum Gasteiger partial charge on any atom is 0.103 e. The first-order valence-corrected chi connectivity index (χ1v) is 10.8. The molecule has 9 nitrogen and oxygen atoms in total. The zero-order valence-electron chi connectivity index (χ0n) is 18.9. The van der Waals surface area contributed by atoms with Crippen LogP contribution in [0.2, 0.25) is 0 Å². The van der Waals surface area contributed by atoms with Gasteiger partial charge in [-0.1, -0.05) is 0 Å². The molecule has 0 aromatic carbocycles. The Labute approximate surface area is 181 Å². The monoisotopic (exact) mass is 436 g/mol. The summed E-state index contributed by atoms with van der Waals surface area (Å²) in [6.07, 6.45) is 8.22. The fourth-order valence-corrected chi connectivity index (χ4v) is 3.75. The van der Waals surface area contributed by atoms with Gasteiger partial charge in [0.05, 0.1) is 66.5 Å². The first-order chi connectivity index (χ1) is 14.3. The van der Waals surface area contributed by atoms with Crippen molar-refractivity contribution in [1.82, 2.24) is 0 Å². The third-order valence-corrected chi connectivity index (χ3v) is 5.68. The van der Waals surface area contributed by atoms with Gasteiger partial charge in [0.25, 0.3) is 0 Å². The van der Waals surface area contributed by atoms with E-state index in [9.17, 15) is 30.6 Å². The van der Waals surface area contributed by atoms with E-state index in [0.717, 1.165) is 6.54 Å². The number of quaternary nitrogens is 3. The van der Waals surface area contributed by atoms with E-state index in [1.807, 2.05) is 12.2 Å². The van der Waals surface area contributed by atoms with Crippen LogP contribution in [-0.2, 0) is 0 Å². The molecule has 0 atom stereocenters. The maximum absolute atomic E-state index is 9.37. The summed E-state index contributed by atoms with van der Waals surface area (Å²) in [7, 11) is 4.13. The standard InChI is InChI=1S/C21H46N3O6/c1-22(2,7-5-9-24(13-19-28,14-20-29)15-21-30)6-3-4-8-23(10-16-25,11-17-26)12-18-27/h3-5,7,25-30H,6,8-21H2,1-2H3/q+3. The predicted molar refractivity (Wildman–Crippen MR) is 117 cm³/mol. The molecule has 0 amide bonds. The minimum absolute atomic E-state index is 0.00431. The normalized spacial score (nSPS) is 13.7. The van der Waals surface area contributed by atoms with Gasteiger partial charge in [0.15, 0.2) is 0 Å². The molecular formula is C21H46N3O6+3. The van der Waals surface area contributed by atoms with Crippen LogP contribution >= 0.6 is 0 Å². The summed E-state index contributed by atoms with van der Waals surface area (Å²) in [6, 6.07) is 0. The van der Waals surface area contributed by atoms with E-state index in [1.165, 1.54) is 0 Å². The highest BCUT2D eigenvalue weighted by molar-refractivity contribution is 4.84. The lowest BCUT2D eigenvalue weighted by Gasteiger charge is -2.36. The number of hydrogen-bond acceptors (Lipinski definition) is 6. The van der Waals surface area contributed by atoms with Gasteiger partial charge in [0, 0.05) is 6.08 Å². The summed E-state index contributed by atoms with van der Waals surface area (Å²) >= 11 is 0. The number of rotatable bonds is 19. The van der Waals surface area contributed by atoms with Crippen LogP contribution in [0, 0.1) is 0 Å². The van der Waals surface area contributed by atoms with Crippen molar-refractivity contribution in [1.29, 1.82) is 0 Å². The first kappa shape index (κ1) is 29.1. The third-order valence-electron chi connectivity index (χ3n) is 5.68. The van der Waals surface area contributed by atoms with E-state index in [-0.39, 0.29) is 39.6 Å². The topological polar surface area (TPSA) is 121 Å². The maximum atomic E-state index is 9.37. The molecule has 0 radical (unpaired) electrons. The van der Waals surface area contributed by atoms with Gasteiger partial charge in [-0.15, -0.1) is 0 Å². The van der Waals surface area contributed by atoms with Crippen LogP contribution < -0.4 is 0 Å². The Hall–Kier alpha value is -0.880. The lowest BCUT2D eigenvalue weighted by atomic mass is 10.3. The molecule has 178 valence electrons. The van der Waals surface area contributed by atoms with Crippen LogP contribution in [0.15, 0.2) is 24.4 Å². The summed E-state index contributed by atoms with van der Waals surface area (Å²) in [6.45, 7) is 4.96. The molecule has 0 aromatic heterocycles. The van der Waals surface area contributed by atoms with E-state index >= 15 is 0 Å². The molecule has 0 saturated heterocycles. The van der Waals surface area contributed by atoms with Crippen molar-refractivity contribution in [3.63, 3.8) is 0 Å². The zero-order valence-corrected chi connectivity index (χ0v) is 18.9. The molecule has 0 spiro atoms. The Kier molecular flexibility index (Phi) is 15.4. The van der Waals surface area contributed by atoms with E-state index in [0.29, 0.717) is 65.8 Å². The quantitative estimate of drug-likeness (QED) is 0.100. The van der Waals surface area contributed by atoms with E-state index in [4.69, 9.17) is 0 Å². The van der Waals surface area contributed by atoms with E-state index in [2.05, 4.69) is 26.4 Å². The van der Waals surface area contributed by atoms with E-state index in [1.54, 1.807) is 0 Å². The molecule has 0 unspecified atom stereocenters. The minimum atomic E-state index is 0.00431. The lowest BCUT2D eigenvalue weighted by Crippen LogP contribution is -2.53. The number of hydrogen-bond donors (Lipinski definition) is 6. The molecule has 6 N–H and O–H groups in total. The molecular weight excluding hydrogens is 390 g/mol. The van der Waals surface area contributed by atoms with Gasteiger partial charge >= 0.3 is 0 Å². The minimum Gasteiger partial charge on any atom is -0.391 e. The number of likely N-dealkylation sites (N-methyl/N-ethyl adjacent to an activating group) is 1. The highest BCUT2D eigenvalue weighted by Gasteiger charge is 2.26. The average molecular weight is 437 g/mol. The first-order valence-electron chi connectivity index (χ1n) is 10.8. The second-order valence-corrected chi connectivity index (χ2v) is 8.55. The number of aliphatic hydroxyl groups excluding tert-OH is 6. The molecule has 0 saturated carbocycles. The summed E-state index contributed by atoms with van der Waals surface area (Å²) < 4.78 is 1.50. The Balaban J connectivity index is 4.95. The predicted octanol–water partition coefficient (Wildman–Crippen LogP) is -2.28. The van der Waals surface area contributed by atoms with Gasteiger partial charge in [-0.25, -0.2) is 0 Å². The van der Waals surface area contributed by atoms with Gasteiger partial charge in [-0.2, -0.15) is 0 Å². The second kappa shape index (κ2) is 15.9. The van der Waals surface area contributed by atoms with Gasteiger partial charge in [-0.3, -0.25) is 4.48 Å². The molecule has 0 aliphatic carbocycles. The highest BCUT2D eigenvalue weighted by atomic mass is 16.3. The Morgan fingerprint density at radius 2 is 0.767 bits per heavy atom. The van der Waals surface area contributed by atoms with Crippen LogP contribution in [-0.4, -0.2) is 157 Å². The Morgan fingerprint density at radius 3 is 1.10 bits per heavy atom. The van der Waals surface area contributed by atoms with E-state index < -0.39 is 0 Å². The van der Waals surface area contributed by atoms with Crippen molar-refractivity contribution in [2.24, 2.45) is 0 Å². The molecule has 0 rings (SSSR count). The molecule has 0 aliphatic heterocycles. The van der Waals surface area contributed by atoms with Crippen LogP contribution in [0.1, 0.15) is 0 Å². The number of nitrogens with zero attached hydrogens (tertiary/aromatic N) is 3. The third kappa shape index (κ3) is 11.5. The molecule has 0 heterocycles. The van der Waals surface area contributed by atoms with Crippen molar-refractivity contribution >= 4 is 0 Å². The summed E-state index contributed by atoms with van der Waals surface area (Å²) in [5, 5.41) is 56.2. The van der Waals surface area contributed by atoms with Crippen LogP contribution in [0.3, 0.4) is 0 Å². The van der Waals surface area contributed by atoms with Crippen LogP contribution in [0.5, 0.6) is 0 Å². The molecule has 9 heteroatoms. The van der Waals surface area contributed by atoms with Gasteiger partial charge < -0.3 is 39.6 Å². The van der Waals surface area contributed by atoms with Crippen LogP contribution in [0.25, 0.3) is 0 Å². The molecule has 0 aromatic rings. The average Bonchev–Trinajstić information content (AvgIpc) is 2.66. The Morgan fingerprint density at radius 1 is 0.467 bits per heavy atom. The fourth-order valence-electron chi connectivity index (χ4n) is 3.75. The van der Waals surface area contributed by atoms with Gasteiger partial charge in [-0.05, 0) is 12.2 Å². The molecule has 0 bridgehead atoms. The van der Waals surface area contributed by atoms with Crippen molar-refractivity contribution in [3.8, 4) is 0 Å². The summed E-state index contributed by atoms with van der Waals surface area (Å²) in [5.74, 6) is 0. The Bertz CT molecular complexity index is 451. The molecule has 0 aliphatic rings. The SMILES string of the molecule is C[N+](C)(C=CC[N+](CCO)(CCO)CCO)CC=CC[N+](CCO)(CCO)CCO. The summed E-state index contributed by atoms with van der Waals surface area (Å²) in [5.41, 5.74) is 0. The number of aliphatic hydroxyl groups is 6. The smallest absolute Gasteiger partial charge is 0.103 e. The van der Waals surface area contributed by atoms with Crippen molar-refractivity contribution in [2.45, 2.75) is 0 Å². The van der Waals surface area contributed by atoms with Crippen molar-refractivity contribution in [2.75, 3.05) is 113 Å². The van der Waals surface area contributed by atoms with Crippen LogP contribution in [0.4, 0.5) is 0 Å². The fraction of sp³-hybridized carbons (Fsp3) is 0.810. The van der Waals surface area contributed by atoms with Crippen molar-refractivity contribution in [3.05, 3.63) is 24.4 Å². The van der Waals surface area contributed by atoms with Gasteiger partial charge in [0.1, 0.15) is 52.4 Å². The second-order valence-electron chi connectivity index (χ2n) is 8.55. The largest absolute Gasteiger partial charge is 0.391 e. The zero-order chi connectivity index (χ0) is 22.9. The highest BCUT2D eigenvalue weighted by Crippen LogP contribution is 2.09. The van der Waals surface area contributed by atoms with Crippen molar-refractivity contribution < 1.29 is 44.1 Å². The summed E-state index contributed by atoms with van der Waals surface area (Å²) in [4.78, 5) is 0. The molecule has 30 heavy (non-hydrogen) atoms. The lowest BCUT2D eigenvalue weighted by molar-refractivity contribution is -0.924.